The lowest BCUT2D eigenvalue weighted by atomic mass is 9.89. The molecule has 0 radical (unpaired) electrons. The number of ether oxygens (including phenoxy) is 5. The summed E-state index contributed by atoms with van der Waals surface area (Å²) in [4.78, 5) is 120. The van der Waals surface area contributed by atoms with Crippen LogP contribution in [0.4, 0.5) is 0 Å². The van der Waals surface area contributed by atoms with Gasteiger partial charge in [-0.15, -0.1) is 0 Å². The van der Waals surface area contributed by atoms with Crippen LogP contribution in [0.15, 0.2) is 115 Å². The summed E-state index contributed by atoms with van der Waals surface area (Å²) in [6.45, 7) is 1.12. The van der Waals surface area contributed by atoms with E-state index in [1.54, 1.807) is 0 Å². The number of hydrogen-bond donors (Lipinski definition) is 19. The fourth-order valence-electron chi connectivity index (χ4n) is 13.3. The number of nitrogens with two attached hydrogens (primary N) is 1. The van der Waals surface area contributed by atoms with Crippen molar-refractivity contribution in [3.63, 3.8) is 0 Å². The first-order valence-electron chi connectivity index (χ1n) is 34.2. The Morgan fingerprint density at radius 3 is 1.66 bits per heavy atom. The first-order valence-corrected chi connectivity index (χ1v) is 35.0. The second kappa shape index (κ2) is 32.1. The van der Waals surface area contributed by atoms with Crippen LogP contribution in [-0.2, 0) is 43.1 Å². The highest BCUT2D eigenvalue weighted by Crippen LogP contribution is 2.50. The molecular formula is C74H74Cl2N8O24. The lowest BCUT2D eigenvalue weighted by Gasteiger charge is -2.42. The van der Waals surface area contributed by atoms with Crippen molar-refractivity contribution in [1.82, 2.24) is 37.2 Å². The van der Waals surface area contributed by atoms with Crippen LogP contribution in [0.3, 0.4) is 0 Å². The summed E-state index contributed by atoms with van der Waals surface area (Å²) in [6, 6.07) is 3.29. The van der Waals surface area contributed by atoms with Gasteiger partial charge in [0.05, 0.1) is 16.7 Å². The number of hydrogen-bond acceptors (Lipinski definition) is 24. The first-order chi connectivity index (χ1) is 51.6. The maximum atomic E-state index is 16.3. The van der Waals surface area contributed by atoms with E-state index >= 15 is 19.2 Å². The minimum Gasteiger partial charge on any atom is -0.508 e. The van der Waals surface area contributed by atoms with Crippen molar-refractivity contribution >= 4 is 70.5 Å². The van der Waals surface area contributed by atoms with Crippen LogP contribution < -0.4 is 61.9 Å². The van der Waals surface area contributed by atoms with Gasteiger partial charge in [-0.3, -0.25) is 33.6 Å². The Morgan fingerprint density at radius 2 is 1.05 bits per heavy atom. The lowest BCUT2D eigenvalue weighted by molar-refractivity contribution is -0.244. The van der Waals surface area contributed by atoms with Gasteiger partial charge in [0.1, 0.15) is 113 Å². The van der Waals surface area contributed by atoms with Gasteiger partial charge in [0.25, 0.3) is 0 Å². The van der Waals surface area contributed by atoms with Crippen molar-refractivity contribution < 1.29 is 118 Å². The molecule has 17 bridgehead atoms. The van der Waals surface area contributed by atoms with E-state index in [1.807, 2.05) is 0 Å². The van der Waals surface area contributed by atoms with Gasteiger partial charge in [-0.25, -0.2) is 4.79 Å². The molecule has 32 nitrogen and oxygen atoms in total. The molecule has 34 heteroatoms. The number of rotatable bonds is 13. The fraction of sp³-hybridized carbons (Fsp3) is 0.324. The van der Waals surface area contributed by atoms with Crippen LogP contribution in [0.5, 0.6) is 69.0 Å². The number of benzene rings is 7. The van der Waals surface area contributed by atoms with Crippen LogP contribution in [0.1, 0.15) is 140 Å². The van der Waals surface area contributed by atoms with Crippen molar-refractivity contribution in [2.75, 3.05) is 6.61 Å². The third kappa shape index (κ3) is 16.1. The minimum atomic E-state index is -2.38. The highest BCUT2D eigenvalue weighted by atomic mass is 35.5. The number of nitrogens with one attached hydrogen (secondary N) is 7. The molecule has 0 saturated carbocycles. The van der Waals surface area contributed by atoms with E-state index in [1.165, 1.54) is 24.3 Å². The Hall–Kier alpha value is -11.2. The van der Waals surface area contributed by atoms with E-state index in [0.717, 1.165) is 123 Å². The highest BCUT2D eigenvalue weighted by molar-refractivity contribution is 6.32. The molecule has 108 heavy (non-hydrogen) atoms. The molecule has 0 unspecified atom stereocenters. The normalized spacial score (nSPS) is 24.8. The van der Waals surface area contributed by atoms with E-state index in [2.05, 4.69) is 44.1 Å². The van der Waals surface area contributed by atoms with E-state index in [9.17, 15) is 75.3 Å². The molecule has 568 valence electrons. The predicted octanol–water partition coefficient (Wildman–Crippen LogP) is 5.21. The molecule has 7 aliphatic rings. The number of aromatic hydroxyl groups is 5. The van der Waals surface area contributed by atoms with Crippen molar-refractivity contribution in [1.29, 1.82) is 0 Å². The largest absolute Gasteiger partial charge is 0.508 e. The number of carbonyl (C=O) groups is 8. The van der Waals surface area contributed by atoms with E-state index in [0.29, 0.717) is 12.8 Å². The summed E-state index contributed by atoms with van der Waals surface area (Å²) in [5.41, 5.74) is 3.17. The number of carbonyl (C=O) groups excluding carboxylic acids is 7. The quantitative estimate of drug-likeness (QED) is 0.0658. The Kier molecular flexibility index (Phi) is 22.7. The lowest BCUT2D eigenvalue weighted by Crippen LogP contribution is -2.65. The molecule has 14 atom stereocenters. The topological polar surface area (TPSA) is 515 Å². The number of halogens is 2. The van der Waals surface area contributed by atoms with Gasteiger partial charge in [0.15, 0.2) is 29.0 Å². The number of aliphatic carboxylic acids is 1. The number of aliphatic hydroxyl groups excluding tert-OH is 5. The van der Waals surface area contributed by atoms with E-state index < -0.39 is 218 Å². The van der Waals surface area contributed by atoms with Crippen molar-refractivity contribution in [3.8, 4) is 80.1 Å². The molecule has 0 aromatic heterocycles. The Balaban J connectivity index is 1.11. The van der Waals surface area contributed by atoms with Crippen LogP contribution in [0, 0.1) is 0 Å². The molecule has 7 aliphatic heterocycles. The summed E-state index contributed by atoms with van der Waals surface area (Å²) < 4.78 is 32.2. The maximum absolute atomic E-state index is 16.3. The molecule has 20 N–H and O–H groups in total. The summed E-state index contributed by atoms with van der Waals surface area (Å²) in [5.74, 6) is -17.5. The van der Waals surface area contributed by atoms with Crippen molar-refractivity contribution in [2.24, 2.45) is 5.73 Å². The van der Waals surface area contributed by atoms with E-state index in [4.69, 9.17) is 52.6 Å². The predicted molar refractivity (Wildman–Crippen MR) is 377 cm³/mol. The van der Waals surface area contributed by atoms with Gasteiger partial charge >= 0.3 is 5.97 Å². The molecule has 1 fully saturated rings. The summed E-state index contributed by atoms with van der Waals surface area (Å²) in [5, 5.41) is 143. The number of fused-ring (bicyclic) bond motifs is 14. The van der Waals surface area contributed by atoms with Gasteiger partial charge in [0, 0.05) is 35.2 Å². The molecule has 7 heterocycles. The molecule has 1 saturated heterocycles. The number of aliphatic hydroxyl groups is 5. The SMILES string of the molecule is CCCCCCCCCC(=O)N[C@H]1[C@H](Oc2c3cc4cc2Oc2ccc(cc2Cl)[C@@H](O)[C@H]2NC(=O)[C@H](N)c5ccc(O)c(c5)Oc5cc(O)cc(c5)[C@H](NC2=O)C(=O)N[C@H]4C(=O)N[C@@H]2C(=O)N[C@H](C(=O)N[C@H](C(=O)O)c4cc(O)cc(O)c4-c4cc2ccc4O)[C@H](O)c2ccc(c(Cl)c2)O3)O[C@H](CO)[C@@H](O)[C@@H]1O. The van der Waals surface area contributed by atoms with Gasteiger partial charge in [0.2, 0.25) is 53.4 Å². The second-order valence-electron chi connectivity index (χ2n) is 26.5. The highest BCUT2D eigenvalue weighted by Gasteiger charge is 2.48. The van der Waals surface area contributed by atoms with Crippen LogP contribution in [-0.4, -0.2) is 153 Å². The second-order valence-corrected chi connectivity index (χ2v) is 27.3. The maximum Gasteiger partial charge on any atom is 0.330 e. The van der Waals surface area contributed by atoms with Gasteiger partial charge < -0.3 is 123 Å². The number of unbranched alkanes of at least 4 members (excludes halogenated alkanes) is 6. The van der Waals surface area contributed by atoms with Crippen LogP contribution in [0.25, 0.3) is 11.1 Å². The molecule has 7 amide bonds. The standard InChI is InChI=1S/C74H74Cl2N8O24/c1-2-3-4-5-6-7-8-9-52(91)78-61-65(95)64(94)51(29-85)107-74(61)108-66-49-24-35-25-50(66)106-47-17-13-33(22-42(47)76)63(93)60-72(101)82-58(73(102)103)40-27-37(87)28-45(90)53(40)39-20-31(11-14-43(39)88)55(68(97)84-60)79-70(99)57(35)80-69(98)56-34-18-36(86)26-38(19-34)104-48-23-30(10-15-44(48)89)54(77)67(96)83-59(71(100)81-56)62(92)32-12-16-46(105-49)41(75)21-32/h10-28,51,54-65,74,85-90,92-95H,2-9,29,77H2,1H3,(H,78,91)(H,79,99)(H,80,98)(H,81,100)(H,82,101)(H,83,96)(H,84,97)(H,102,103)/t51-,54-,55+,56+,57-,58+,59-,60+,61-,62-,63-,64-,65-,74+/m1/s1. The zero-order chi connectivity index (χ0) is 77.3. The first kappa shape index (κ1) is 76.4. The summed E-state index contributed by atoms with van der Waals surface area (Å²) >= 11 is 14.2. The number of phenolic OH excluding ortho intramolecular Hbond substituents is 5. The Labute approximate surface area is 623 Å². The molecule has 14 rings (SSSR count). The van der Waals surface area contributed by atoms with Gasteiger partial charge in [-0.2, -0.15) is 0 Å². The average Bonchev–Trinajstić information content (AvgIpc) is 0.771. The van der Waals surface area contributed by atoms with Gasteiger partial charge in [-0.05, 0) is 119 Å². The Bertz CT molecular complexity index is 4720. The molecule has 7 aromatic carbocycles. The Morgan fingerprint density at radius 1 is 0.519 bits per heavy atom. The fourth-order valence-corrected chi connectivity index (χ4v) is 13.8. The molecule has 0 aliphatic carbocycles. The molecule has 0 spiro atoms. The van der Waals surface area contributed by atoms with Crippen molar-refractivity contribution in [2.45, 2.75) is 143 Å². The van der Waals surface area contributed by atoms with Crippen molar-refractivity contribution in [3.05, 3.63) is 164 Å². The number of amides is 7. The third-order valence-electron chi connectivity index (χ3n) is 19.0. The van der Waals surface area contributed by atoms with Crippen LogP contribution >= 0.6 is 23.2 Å². The zero-order valence-electron chi connectivity index (χ0n) is 57.0. The summed E-state index contributed by atoms with van der Waals surface area (Å²) in [7, 11) is 0. The number of carboxylic acids is 1. The minimum absolute atomic E-state index is 0.00490. The van der Waals surface area contributed by atoms with E-state index in [-0.39, 0.29) is 56.5 Å². The van der Waals surface area contributed by atoms with Gasteiger partial charge in [-0.1, -0.05) is 92.9 Å². The zero-order valence-corrected chi connectivity index (χ0v) is 58.5. The average molecular weight is 1530 g/mol. The van der Waals surface area contributed by atoms with Crippen LogP contribution in [0.2, 0.25) is 10.0 Å². The smallest absolute Gasteiger partial charge is 0.330 e. The molecular weight excluding hydrogens is 1460 g/mol. The summed E-state index contributed by atoms with van der Waals surface area (Å²) in [6.07, 6.45) is -6.13. The third-order valence-corrected chi connectivity index (χ3v) is 19.6. The monoisotopic (exact) mass is 1530 g/mol. The number of phenols is 5. The molecule has 7 aromatic rings. The number of carboxylic acid groups (broad SMARTS) is 1.